The first-order valence-electron chi connectivity index (χ1n) is 13.3. The molecule has 2 aromatic rings. The Kier molecular flexibility index (Phi) is 11.8. The van der Waals surface area contributed by atoms with Gasteiger partial charge in [0, 0.05) is 32.4 Å². The number of likely N-dealkylation sites (tertiary alicyclic amines) is 1. The van der Waals surface area contributed by atoms with Crippen LogP contribution in [0.5, 0.6) is 0 Å². The maximum Gasteiger partial charge on any atom is 0.407 e. The number of rotatable bonds is 12. The van der Waals surface area contributed by atoms with Crippen molar-refractivity contribution in [2.24, 2.45) is 0 Å². The van der Waals surface area contributed by atoms with E-state index in [4.69, 9.17) is 14.2 Å². The van der Waals surface area contributed by atoms with Crippen LogP contribution < -0.4 is 10.6 Å². The number of halogens is 2. The van der Waals surface area contributed by atoms with E-state index in [0.717, 1.165) is 24.8 Å². The molecule has 42 heavy (non-hydrogen) atoms. The number of nitrogens with zero attached hydrogens (tertiary/aromatic N) is 1. The van der Waals surface area contributed by atoms with Crippen LogP contribution in [0.25, 0.3) is 0 Å². The Labute approximate surface area is 241 Å². The molecule has 3 rings (SSSR count). The van der Waals surface area contributed by atoms with Crippen LogP contribution in [0.4, 0.5) is 13.6 Å². The van der Waals surface area contributed by atoms with E-state index in [1.807, 2.05) is 30.3 Å². The third-order valence-corrected chi connectivity index (χ3v) is 6.56. The molecule has 0 aromatic heterocycles. The molecule has 2 aromatic carbocycles. The fourth-order valence-corrected chi connectivity index (χ4v) is 4.50. The lowest BCUT2D eigenvalue weighted by atomic mass is 10.0. The molecule has 3 unspecified atom stereocenters. The minimum absolute atomic E-state index is 0.0159. The van der Waals surface area contributed by atoms with Gasteiger partial charge < -0.3 is 29.7 Å². The average Bonchev–Trinajstić information content (AvgIpc) is 3.45. The predicted molar refractivity (Wildman–Crippen MR) is 144 cm³/mol. The molecule has 0 spiro atoms. The lowest BCUT2D eigenvalue weighted by Crippen LogP contribution is -2.54. The molecule has 2 N–H and O–H groups in total. The van der Waals surface area contributed by atoms with Gasteiger partial charge in [0.2, 0.25) is 11.8 Å². The first kappa shape index (κ1) is 32.0. The zero-order valence-electron chi connectivity index (χ0n) is 23.3. The molecule has 1 heterocycles. The Morgan fingerprint density at radius 3 is 2.29 bits per heavy atom. The van der Waals surface area contributed by atoms with Crippen molar-refractivity contribution < 1.29 is 47.0 Å². The molecule has 226 valence electrons. The normalized spacial score (nSPS) is 15.7. The fourth-order valence-electron chi connectivity index (χ4n) is 4.50. The highest BCUT2D eigenvalue weighted by molar-refractivity contribution is 5.90. The Balaban J connectivity index is 1.68. The van der Waals surface area contributed by atoms with Crippen molar-refractivity contribution in [2.45, 2.75) is 50.7 Å². The maximum absolute atomic E-state index is 13.8. The number of hydrogen-bond donors (Lipinski definition) is 2. The molecule has 0 bridgehead atoms. The number of nitrogens with one attached hydrogen (secondary N) is 2. The van der Waals surface area contributed by atoms with Crippen LogP contribution in [0, 0.1) is 11.6 Å². The summed E-state index contributed by atoms with van der Waals surface area (Å²) >= 11 is 0. The molecule has 1 aliphatic rings. The predicted octanol–water partition coefficient (Wildman–Crippen LogP) is 2.06. The quantitative estimate of drug-likeness (QED) is 0.283. The number of esters is 2. The smallest absolute Gasteiger partial charge is 0.407 e. The van der Waals surface area contributed by atoms with Gasteiger partial charge in [0.05, 0.1) is 13.7 Å². The van der Waals surface area contributed by atoms with Gasteiger partial charge in [-0.05, 0) is 36.1 Å². The van der Waals surface area contributed by atoms with Crippen molar-refractivity contribution in [1.29, 1.82) is 0 Å². The van der Waals surface area contributed by atoms with Gasteiger partial charge in [-0.1, -0.05) is 30.3 Å². The van der Waals surface area contributed by atoms with Gasteiger partial charge in [0.1, 0.15) is 30.3 Å². The van der Waals surface area contributed by atoms with Gasteiger partial charge in [-0.15, -0.1) is 0 Å². The number of benzene rings is 2. The summed E-state index contributed by atoms with van der Waals surface area (Å²) < 4.78 is 42.8. The van der Waals surface area contributed by atoms with Crippen molar-refractivity contribution in [3.8, 4) is 0 Å². The van der Waals surface area contributed by atoms with Crippen LogP contribution in [0.3, 0.4) is 0 Å². The lowest BCUT2D eigenvalue weighted by molar-refractivity contribution is -0.157. The van der Waals surface area contributed by atoms with Crippen molar-refractivity contribution >= 4 is 29.8 Å². The highest BCUT2D eigenvalue weighted by Crippen LogP contribution is 2.18. The number of alkyl carbamates (subject to hydrolysis) is 1. The Hall–Kier alpha value is -4.55. The maximum atomic E-state index is 13.8. The third-order valence-electron chi connectivity index (χ3n) is 6.56. The van der Waals surface area contributed by atoms with Crippen LogP contribution in [0.2, 0.25) is 0 Å². The number of methoxy groups -OCH3 is 1. The largest absolute Gasteiger partial charge is 0.467 e. The molecular weight excluding hydrogens is 556 g/mol. The molecule has 11 nitrogen and oxygen atoms in total. The number of hydrogen-bond acceptors (Lipinski definition) is 8. The molecule has 0 saturated carbocycles. The summed E-state index contributed by atoms with van der Waals surface area (Å²) in [4.78, 5) is 64.0. The molecule has 1 aliphatic heterocycles. The summed E-state index contributed by atoms with van der Waals surface area (Å²) in [5, 5.41) is 4.71. The second kappa shape index (κ2) is 15.5. The standard InChI is InChI=1S/C29H33F2N3O8/c1-18(35)34-11-6-9-25(34)28(38)42-17-24(27(37)40-2)32-26(36)23(15-20-13-21(30)16-22(31)14-20)33-29(39)41-12-10-19-7-4-3-5-8-19/h3-5,7-8,13-14,16,23-25H,6,9-12,15,17H2,1-2H3,(H,32,36)(H,33,39). The van der Waals surface area contributed by atoms with Gasteiger partial charge in [-0.2, -0.15) is 0 Å². The van der Waals surface area contributed by atoms with Crippen LogP contribution >= 0.6 is 0 Å². The second-order valence-corrected chi connectivity index (χ2v) is 9.64. The van der Waals surface area contributed by atoms with E-state index in [-0.39, 0.29) is 24.5 Å². The summed E-state index contributed by atoms with van der Waals surface area (Å²) in [6.07, 6.45) is 0.0484. The van der Waals surface area contributed by atoms with E-state index in [9.17, 15) is 32.8 Å². The zero-order valence-corrected chi connectivity index (χ0v) is 23.3. The number of carbonyl (C=O) groups excluding carboxylic acids is 5. The van der Waals surface area contributed by atoms with Gasteiger partial charge in [-0.3, -0.25) is 9.59 Å². The fraction of sp³-hybridized carbons (Fsp3) is 0.414. The number of ether oxygens (including phenoxy) is 3. The van der Waals surface area contributed by atoms with Gasteiger partial charge in [-0.25, -0.2) is 23.2 Å². The molecule has 1 fully saturated rings. The highest BCUT2D eigenvalue weighted by Gasteiger charge is 2.35. The summed E-state index contributed by atoms with van der Waals surface area (Å²) in [5.41, 5.74) is 0.957. The minimum Gasteiger partial charge on any atom is -0.467 e. The highest BCUT2D eigenvalue weighted by atomic mass is 19.1. The van der Waals surface area contributed by atoms with Gasteiger partial charge in [0.25, 0.3) is 0 Å². The van der Waals surface area contributed by atoms with Gasteiger partial charge in [0.15, 0.2) is 6.04 Å². The first-order valence-corrected chi connectivity index (χ1v) is 13.3. The van der Waals surface area contributed by atoms with E-state index in [2.05, 4.69) is 10.6 Å². The molecule has 1 saturated heterocycles. The van der Waals surface area contributed by atoms with E-state index in [1.54, 1.807) is 0 Å². The molecule has 0 aliphatic carbocycles. The van der Waals surface area contributed by atoms with Crippen LogP contribution in [0.1, 0.15) is 30.9 Å². The summed E-state index contributed by atoms with van der Waals surface area (Å²) in [6.45, 7) is 1.08. The molecule has 0 radical (unpaired) electrons. The van der Waals surface area contributed by atoms with Crippen molar-refractivity contribution in [1.82, 2.24) is 15.5 Å². The van der Waals surface area contributed by atoms with E-state index in [1.165, 1.54) is 11.8 Å². The Morgan fingerprint density at radius 1 is 0.952 bits per heavy atom. The van der Waals surface area contributed by atoms with Crippen molar-refractivity contribution in [3.63, 3.8) is 0 Å². The number of carbonyl (C=O) groups is 5. The topological polar surface area (TPSA) is 140 Å². The summed E-state index contributed by atoms with van der Waals surface area (Å²) in [5.74, 6) is -4.71. The van der Waals surface area contributed by atoms with Crippen LogP contribution in [0.15, 0.2) is 48.5 Å². The number of amides is 3. The lowest BCUT2D eigenvalue weighted by Gasteiger charge is -2.24. The first-order chi connectivity index (χ1) is 20.1. The second-order valence-electron chi connectivity index (χ2n) is 9.64. The molecule has 3 amide bonds. The van der Waals surface area contributed by atoms with E-state index >= 15 is 0 Å². The third kappa shape index (κ3) is 9.53. The molecule has 13 heteroatoms. The van der Waals surface area contributed by atoms with Crippen molar-refractivity contribution in [3.05, 3.63) is 71.3 Å². The molecular formula is C29H33F2N3O8. The molecule has 3 atom stereocenters. The van der Waals surface area contributed by atoms with E-state index < -0.39 is 60.3 Å². The van der Waals surface area contributed by atoms with E-state index in [0.29, 0.717) is 31.9 Å². The SMILES string of the molecule is COC(=O)C(COC(=O)C1CCCN1C(C)=O)NC(=O)C(Cc1cc(F)cc(F)c1)NC(=O)OCCc1ccccc1. The Morgan fingerprint density at radius 2 is 1.64 bits per heavy atom. The van der Waals surface area contributed by atoms with Gasteiger partial charge >= 0.3 is 18.0 Å². The van der Waals surface area contributed by atoms with Crippen molar-refractivity contribution in [2.75, 3.05) is 26.9 Å². The minimum atomic E-state index is -1.48. The van der Waals surface area contributed by atoms with Crippen LogP contribution in [-0.4, -0.2) is 79.7 Å². The Bertz CT molecular complexity index is 1260. The monoisotopic (exact) mass is 589 g/mol. The van der Waals surface area contributed by atoms with Crippen LogP contribution in [-0.2, 0) is 46.2 Å². The summed E-state index contributed by atoms with van der Waals surface area (Å²) in [7, 11) is 1.06. The zero-order chi connectivity index (χ0) is 30.6. The average molecular weight is 590 g/mol. The summed E-state index contributed by atoms with van der Waals surface area (Å²) in [6, 6.07) is 8.09.